The molecular weight excluding hydrogens is 268 g/mol. The van der Waals surface area contributed by atoms with Crippen LogP contribution in [0, 0.1) is 0 Å². The normalized spacial score (nSPS) is 13.4. The molecular formula is C12H16N2O4S. The molecule has 0 saturated carbocycles. The van der Waals surface area contributed by atoms with Gasteiger partial charge in [-0.3, -0.25) is 5.32 Å². The third kappa shape index (κ3) is 6.58. The van der Waals surface area contributed by atoms with Gasteiger partial charge in [0.15, 0.2) is 9.84 Å². The molecule has 19 heavy (non-hydrogen) atoms. The van der Waals surface area contributed by atoms with E-state index in [4.69, 9.17) is 10.8 Å². The third-order valence-corrected chi connectivity index (χ3v) is 2.90. The van der Waals surface area contributed by atoms with Crippen LogP contribution in [0.2, 0.25) is 0 Å². The molecule has 1 atom stereocenters. The molecule has 4 N–H and O–H groups in total. The van der Waals surface area contributed by atoms with Crippen molar-refractivity contribution >= 4 is 21.6 Å². The number of anilines is 1. The van der Waals surface area contributed by atoms with Crippen LogP contribution in [0.1, 0.15) is 5.56 Å². The molecule has 1 aromatic rings. The van der Waals surface area contributed by atoms with Crippen LogP contribution in [-0.4, -0.2) is 31.9 Å². The first-order chi connectivity index (χ1) is 8.76. The largest absolute Gasteiger partial charge is 0.465 e. The predicted octanol–water partition coefficient (Wildman–Crippen LogP) is 1.20. The first-order valence-electron chi connectivity index (χ1n) is 5.49. The standard InChI is InChI=1S/C12H16N2O4S/c1-19(17,18)7-6-10(13)8-9-2-4-11(5-3-9)14-12(15)16/h2-7,10,14H,8,13H2,1H3,(H,15,16). The highest BCUT2D eigenvalue weighted by atomic mass is 32.2. The van der Waals surface area contributed by atoms with Gasteiger partial charge < -0.3 is 10.8 Å². The Morgan fingerprint density at radius 3 is 2.47 bits per heavy atom. The molecule has 0 saturated heterocycles. The molecule has 7 heteroatoms. The second-order valence-corrected chi connectivity index (χ2v) is 6.08. The smallest absolute Gasteiger partial charge is 0.409 e. The summed E-state index contributed by atoms with van der Waals surface area (Å²) in [5, 5.41) is 11.8. The van der Waals surface area contributed by atoms with E-state index >= 15 is 0 Å². The molecule has 0 aliphatic heterocycles. The lowest BCUT2D eigenvalue weighted by Crippen LogP contribution is -2.20. The number of rotatable bonds is 5. The summed E-state index contributed by atoms with van der Waals surface area (Å²) in [6.45, 7) is 0. The number of hydrogen-bond donors (Lipinski definition) is 3. The van der Waals surface area contributed by atoms with Crippen LogP contribution in [-0.2, 0) is 16.3 Å². The minimum atomic E-state index is -3.17. The van der Waals surface area contributed by atoms with Gasteiger partial charge in [-0.15, -0.1) is 0 Å². The van der Waals surface area contributed by atoms with E-state index in [1.54, 1.807) is 24.3 Å². The molecule has 0 fully saturated rings. The minimum absolute atomic E-state index is 0.409. The second kappa shape index (κ2) is 6.35. The molecule has 0 bridgehead atoms. The van der Waals surface area contributed by atoms with E-state index in [2.05, 4.69) is 5.32 Å². The van der Waals surface area contributed by atoms with Crippen molar-refractivity contribution < 1.29 is 18.3 Å². The molecule has 0 radical (unpaired) electrons. The Balaban J connectivity index is 2.63. The Morgan fingerprint density at radius 2 is 2.00 bits per heavy atom. The van der Waals surface area contributed by atoms with E-state index in [1.807, 2.05) is 0 Å². The Kier molecular flexibility index (Phi) is 5.08. The van der Waals surface area contributed by atoms with Gasteiger partial charge in [0.2, 0.25) is 0 Å². The van der Waals surface area contributed by atoms with Gasteiger partial charge in [0.25, 0.3) is 0 Å². The van der Waals surface area contributed by atoms with Crippen molar-refractivity contribution in [3.05, 3.63) is 41.3 Å². The lowest BCUT2D eigenvalue weighted by Gasteiger charge is -2.07. The predicted molar refractivity (Wildman–Crippen MR) is 73.8 cm³/mol. The van der Waals surface area contributed by atoms with Crippen molar-refractivity contribution in [1.29, 1.82) is 0 Å². The van der Waals surface area contributed by atoms with Crippen molar-refractivity contribution in [1.82, 2.24) is 0 Å². The minimum Gasteiger partial charge on any atom is -0.465 e. The SMILES string of the molecule is CS(=O)(=O)C=CC(N)Cc1ccc(NC(=O)O)cc1. The highest BCUT2D eigenvalue weighted by molar-refractivity contribution is 7.93. The van der Waals surface area contributed by atoms with E-state index < -0.39 is 22.0 Å². The second-order valence-electron chi connectivity index (χ2n) is 4.15. The Hall–Kier alpha value is -1.86. The average molecular weight is 284 g/mol. The van der Waals surface area contributed by atoms with Gasteiger partial charge in [0, 0.05) is 23.4 Å². The van der Waals surface area contributed by atoms with Crippen LogP contribution in [0.4, 0.5) is 10.5 Å². The summed E-state index contributed by atoms with van der Waals surface area (Å²) in [5.41, 5.74) is 7.13. The van der Waals surface area contributed by atoms with Gasteiger partial charge in [0.05, 0.1) is 0 Å². The van der Waals surface area contributed by atoms with Crippen molar-refractivity contribution in [2.75, 3.05) is 11.6 Å². The lowest BCUT2D eigenvalue weighted by atomic mass is 10.1. The number of sulfone groups is 1. The van der Waals surface area contributed by atoms with E-state index in [9.17, 15) is 13.2 Å². The molecule has 0 aliphatic carbocycles. The maximum absolute atomic E-state index is 10.9. The number of nitrogens with two attached hydrogens (primary N) is 1. The van der Waals surface area contributed by atoms with Gasteiger partial charge in [-0.25, -0.2) is 13.2 Å². The summed E-state index contributed by atoms with van der Waals surface area (Å²) in [4.78, 5) is 10.4. The number of nitrogens with one attached hydrogen (secondary N) is 1. The number of benzene rings is 1. The zero-order valence-corrected chi connectivity index (χ0v) is 11.2. The highest BCUT2D eigenvalue weighted by Gasteiger charge is 2.03. The van der Waals surface area contributed by atoms with Crippen LogP contribution in [0.3, 0.4) is 0 Å². The van der Waals surface area contributed by atoms with Crippen molar-refractivity contribution in [2.45, 2.75) is 12.5 Å². The summed E-state index contributed by atoms with van der Waals surface area (Å²) in [5.74, 6) is 0. The molecule has 1 amide bonds. The molecule has 1 aromatic carbocycles. The third-order valence-electron chi connectivity index (χ3n) is 2.25. The monoisotopic (exact) mass is 284 g/mol. The molecule has 1 rings (SSSR count). The molecule has 6 nitrogen and oxygen atoms in total. The van der Waals surface area contributed by atoms with Gasteiger partial charge >= 0.3 is 6.09 Å². The fourth-order valence-electron chi connectivity index (χ4n) is 1.43. The first kappa shape index (κ1) is 15.2. The Bertz CT molecular complexity index is 564. The van der Waals surface area contributed by atoms with E-state index in [0.717, 1.165) is 17.2 Å². The number of hydrogen-bond acceptors (Lipinski definition) is 4. The van der Waals surface area contributed by atoms with Crippen LogP contribution in [0.25, 0.3) is 0 Å². The van der Waals surface area contributed by atoms with Crippen molar-refractivity contribution in [3.63, 3.8) is 0 Å². The maximum atomic E-state index is 10.9. The van der Waals surface area contributed by atoms with Crippen LogP contribution >= 0.6 is 0 Å². The summed E-state index contributed by atoms with van der Waals surface area (Å²) in [7, 11) is -3.17. The quantitative estimate of drug-likeness (QED) is 0.752. The van der Waals surface area contributed by atoms with Crippen LogP contribution in [0.15, 0.2) is 35.7 Å². The lowest BCUT2D eigenvalue weighted by molar-refractivity contribution is 0.209. The number of amides is 1. The van der Waals surface area contributed by atoms with Gasteiger partial charge in [-0.2, -0.15) is 0 Å². The molecule has 0 aliphatic rings. The number of carbonyl (C=O) groups is 1. The summed E-state index contributed by atoms with van der Waals surface area (Å²) in [6.07, 6.45) is 1.88. The van der Waals surface area contributed by atoms with Gasteiger partial charge in [0.1, 0.15) is 0 Å². The first-order valence-corrected chi connectivity index (χ1v) is 7.44. The fraction of sp³-hybridized carbons (Fsp3) is 0.250. The molecule has 104 valence electrons. The molecule has 1 unspecified atom stereocenters. The van der Waals surface area contributed by atoms with Crippen molar-refractivity contribution in [3.8, 4) is 0 Å². The van der Waals surface area contributed by atoms with Crippen LogP contribution in [0.5, 0.6) is 0 Å². The summed E-state index contributed by atoms with van der Waals surface area (Å²) >= 11 is 0. The molecule has 0 aromatic heterocycles. The zero-order chi connectivity index (χ0) is 14.5. The zero-order valence-electron chi connectivity index (χ0n) is 10.4. The van der Waals surface area contributed by atoms with Gasteiger partial charge in [-0.1, -0.05) is 18.2 Å². The van der Waals surface area contributed by atoms with E-state index in [0.29, 0.717) is 12.1 Å². The fourth-order valence-corrected chi connectivity index (χ4v) is 1.92. The molecule has 0 heterocycles. The topological polar surface area (TPSA) is 109 Å². The Labute approximate surface area is 111 Å². The van der Waals surface area contributed by atoms with E-state index in [-0.39, 0.29) is 0 Å². The van der Waals surface area contributed by atoms with E-state index in [1.165, 1.54) is 6.08 Å². The molecule has 0 spiro atoms. The maximum Gasteiger partial charge on any atom is 0.409 e. The number of carboxylic acid groups (broad SMARTS) is 1. The highest BCUT2D eigenvalue weighted by Crippen LogP contribution is 2.11. The summed E-state index contributed by atoms with van der Waals surface area (Å²) < 4.78 is 21.9. The van der Waals surface area contributed by atoms with Crippen LogP contribution < -0.4 is 11.1 Å². The Morgan fingerprint density at radius 1 is 1.42 bits per heavy atom. The average Bonchev–Trinajstić information content (AvgIpc) is 2.28. The summed E-state index contributed by atoms with van der Waals surface area (Å²) in [6, 6.07) is 6.30. The van der Waals surface area contributed by atoms with Gasteiger partial charge in [-0.05, 0) is 24.1 Å². The van der Waals surface area contributed by atoms with Crippen molar-refractivity contribution in [2.24, 2.45) is 5.73 Å².